The first-order chi connectivity index (χ1) is 13.2. The third-order valence-electron chi connectivity index (χ3n) is 5.27. The van der Waals surface area contributed by atoms with E-state index in [2.05, 4.69) is 14.5 Å². The molecular weight excluding hydrogens is 346 g/mol. The average molecular weight is 371 g/mol. The van der Waals surface area contributed by atoms with Gasteiger partial charge in [-0.2, -0.15) is 0 Å². The first kappa shape index (κ1) is 18.0. The molecule has 1 aliphatic carbocycles. The van der Waals surface area contributed by atoms with E-state index in [4.69, 9.17) is 9.47 Å². The maximum Gasteiger partial charge on any atom is 0.343 e. The van der Waals surface area contributed by atoms with Crippen molar-refractivity contribution in [2.75, 3.05) is 31.7 Å². The van der Waals surface area contributed by atoms with Gasteiger partial charge in [-0.15, -0.1) is 0 Å². The minimum Gasteiger partial charge on any atom is -0.462 e. The molecule has 0 bridgehead atoms. The van der Waals surface area contributed by atoms with E-state index in [1.165, 1.54) is 0 Å². The molecule has 1 saturated heterocycles. The molecule has 0 spiro atoms. The molecule has 2 aromatic rings. The number of fused-ring (bicyclic) bond motifs is 1. The van der Waals surface area contributed by atoms with E-state index in [1.54, 1.807) is 26.4 Å². The molecule has 0 N–H and O–H groups in total. The lowest BCUT2D eigenvalue weighted by Gasteiger charge is -2.23. The van der Waals surface area contributed by atoms with Crippen molar-refractivity contribution in [1.82, 2.24) is 9.55 Å². The van der Waals surface area contributed by atoms with Gasteiger partial charge in [0.2, 0.25) is 5.43 Å². The van der Waals surface area contributed by atoms with Gasteiger partial charge in [-0.3, -0.25) is 4.79 Å². The van der Waals surface area contributed by atoms with Crippen molar-refractivity contribution in [1.29, 1.82) is 0 Å². The molecule has 0 amide bonds. The monoisotopic (exact) mass is 371 g/mol. The second-order valence-corrected chi connectivity index (χ2v) is 7.18. The van der Waals surface area contributed by atoms with Gasteiger partial charge in [-0.25, -0.2) is 9.78 Å². The summed E-state index contributed by atoms with van der Waals surface area (Å²) in [7, 11) is 1.65. The van der Waals surface area contributed by atoms with Crippen LogP contribution in [-0.4, -0.2) is 42.3 Å². The third kappa shape index (κ3) is 3.20. The van der Waals surface area contributed by atoms with Crippen LogP contribution in [0.1, 0.15) is 54.6 Å². The molecule has 144 valence electrons. The van der Waals surface area contributed by atoms with Crippen molar-refractivity contribution < 1.29 is 14.3 Å². The largest absolute Gasteiger partial charge is 0.462 e. The van der Waals surface area contributed by atoms with Gasteiger partial charge < -0.3 is 18.9 Å². The SMILES string of the molecule is CCOC(=O)c1cn(C2CC2)c2c(COC)c(N3CCCC3)ncc2c1=O. The first-order valence-corrected chi connectivity index (χ1v) is 9.63. The second kappa shape index (κ2) is 7.31. The number of pyridine rings is 2. The van der Waals surface area contributed by atoms with Crippen LogP contribution in [0.3, 0.4) is 0 Å². The molecular formula is C20H25N3O4. The van der Waals surface area contributed by atoms with Gasteiger partial charge in [0.25, 0.3) is 0 Å². The normalized spacial score (nSPS) is 16.9. The predicted molar refractivity (Wildman–Crippen MR) is 102 cm³/mol. The molecule has 0 radical (unpaired) electrons. The fourth-order valence-corrected chi connectivity index (χ4v) is 3.88. The highest BCUT2D eigenvalue weighted by molar-refractivity contribution is 5.95. The number of rotatable bonds is 6. The lowest BCUT2D eigenvalue weighted by atomic mass is 10.1. The summed E-state index contributed by atoms with van der Waals surface area (Å²) in [5.74, 6) is 0.315. The van der Waals surface area contributed by atoms with Crippen LogP contribution < -0.4 is 10.3 Å². The van der Waals surface area contributed by atoms with E-state index in [0.717, 1.165) is 55.7 Å². The number of esters is 1. The number of carbonyl (C=O) groups excluding carboxylic acids is 1. The quantitative estimate of drug-likeness (QED) is 0.727. The van der Waals surface area contributed by atoms with Crippen LogP contribution in [-0.2, 0) is 16.1 Å². The summed E-state index contributed by atoms with van der Waals surface area (Å²) in [6.45, 7) is 4.27. The Kier molecular flexibility index (Phi) is 4.86. The standard InChI is InChI=1S/C20H25N3O4/c1-3-27-20(25)15-11-23(13-6-7-13)17-14(18(15)24)10-21-19(16(17)12-26-2)22-8-4-5-9-22/h10-11,13H,3-9,12H2,1-2H3. The maximum absolute atomic E-state index is 13.0. The summed E-state index contributed by atoms with van der Waals surface area (Å²) in [6, 6.07) is 0.297. The van der Waals surface area contributed by atoms with E-state index >= 15 is 0 Å². The fraction of sp³-hybridized carbons (Fsp3) is 0.550. The van der Waals surface area contributed by atoms with E-state index < -0.39 is 5.97 Å². The maximum atomic E-state index is 13.0. The number of hydrogen-bond acceptors (Lipinski definition) is 6. The Morgan fingerprint density at radius 1 is 1.30 bits per heavy atom. The minimum atomic E-state index is -0.573. The van der Waals surface area contributed by atoms with Crippen molar-refractivity contribution in [3.05, 3.63) is 33.7 Å². The summed E-state index contributed by atoms with van der Waals surface area (Å²) >= 11 is 0. The Labute approximate surface area is 157 Å². The number of methoxy groups -OCH3 is 1. The van der Waals surface area contributed by atoms with Gasteiger partial charge in [-0.1, -0.05) is 0 Å². The molecule has 3 heterocycles. The zero-order valence-electron chi connectivity index (χ0n) is 15.9. The number of hydrogen-bond donors (Lipinski definition) is 0. The fourth-order valence-electron chi connectivity index (χ4n) is 3.88. The van der Waals surface area contributed by atoms with Crippen molar-refractivity contribution in [2.24, 2.45) is 0 Å². The summed E-state index contributed by atoms with van der Waals surface area (Å²) < 4.78 is 12.6. The molecule has 0 atom stereocenters. The molecule has 1 saturated carbocycles. The van der Waals surface area contributed by atoms with E-state index in [1.807, 2.05) is 0 Å². The zero-order valence-corrected chi connectivity index (χ0v) is 15.9. The van der Waals surface area contributed by atoms with E-state index in [0.29, 0.717) is 18.0 Å². The van der Waals surface area contributed by atoms with Crippen LogP contribution in [0.4, 0.5) is 5.82 Å². The first-order valence-electron chi connectivity index (χ1n) is 9.63. The molecule has 27 heavy (non-hydrogen) atoms. The molecule has 2 fully saturated rings. The second-order valence-electron chi connectivity index (χ2n) is 7.18. The molecule has 2 aromatic heterocycles. The highest BCUT2D eigenvalue weighted by Gasteiger charge is 2.30. The van der Waals surface area contributed by atoms with E-state index in [-0.39, 0.29) is 17.6 Å². The van der Waals surface area contributed by atoms with Crippen LogP contribution in [0.25, 0.3) is 10.9 Å². The minimum absolute atomic E-state index is 0.0790. The highest BCUT2D eigenvalue weighted by Crippen LogP contribution is 2.39. The Bertz CT molecular complexity index is 927. The average Bonchev–Trinajstić information content (AvgIpc) is 3.36. The van der Waals surface area contributed by atoms with Gasteiger partial charge in [0, 0.05) is 44.2 Å². The van der Waals surface area contributed by atoms with Crippen LogP contribution >= 0.6 is 0 Å². The summed E-state index contributed by atoms with van der Waals surface area (Å²) in [5, 5.41) is 0.461. The highest BCUT2D eigenvalue weighted by atomic mass is 16.5. The van der Waals surface area contributed by atoms with Crippen LogP contribution in [0.15, 0.2) is 17.2 Å². The van der Waals surface area contributed by atoms with Gasteiger partial charge >= 0.3 is 5.97 Å². The smallest absolute Gasteiger partial charge is 0.343 e. The van der Waals surface area contributed by atoms with Crippen LogP contribution in [0, 0.1) is 0 Å². The molecule has 4 rings (SSSR count). The van der Waals surface area contributed by atoms with Crippen molar-refractivity contribution in [2.45, 2.75) is 45.3 Å². The topological polar surface area (TPSA) is 73.7 Å². The number of anilines is 1. The molecule has 7 heteroatoms. The molecule has 0 aromatic carbocycles. The van der Waals surface area contributed by atoms with Gasteiger partial charge in [-0.05, 0) is 32.6 Å². The molecule has 2 aliphatic rings. The van der Waals surface area contributed by atoms with Crippen molar-refractivity contribution in [3.63, 3.8) is 0 Å². The Balaban J connectivity index is 1.97. The molecule has 1 aliphatic heterocycles. The lowest BCUT2D eigenvalue weighted by Crippen LogP contribution is -2.25. The van der Waals surface area contributed by atoms with Crippen molar-refractivity contribution >= 4 is 22.7 Å². The van der Waals surface area contributed by atoms with Gasteiger partial charge in [0.05, 0.1) is 24.1 Å². The van der Waals surface area contributed by atoms with Gasteiger partial charge in [0.1, 0.15) is 11.4 Å². The molecule has 7 nitrogen and oxygen atoms in total. The Hall–Kier alpha value is -2.41. The molecule has 0 unspecified atom stereocenters. The zero-order chi connectivity index (χ0) is 19.0. The number of carbonyl (C=O) groups is 1. The Morgan fingerprint density at radius 2 is 2.04 bits per heavy atom. The number of aromatic nitrogens is 2. The third-order valence-corrected chi connectivity index (χ3v) is 5.27. The van der Waals surface area contributed by atoms with E-state index in [9.17, 15) is 9.59 Å². The van der Waals surface area contributed by atoms with Gasteiger partial charge in [0.15, 0.2) is 0 Å². The van der Waals surface area contributed by atoms with Crippen molar-refractivity contribution in [3.8, 4) is 0 Å². The summed E-state index contributed by atoms with van der Waals surface area (Å²) in [4.78, 5) is 32.2. The Morgan fingerprint density at radius 3 is 2.67 bits per heavy atom. The number of nitrogens with zero attached hydrogens (tertiary/aromatic N) is 3. The predicted octanol–water partition coefficient (Wildman–Crippen LogP) is 2.65. The lowest BCUT2D eigenvalue weighted by molar-refractivity contribution is 0.0524. The van der Waals surface area contributed by atoms with Crippen LogP contribution in [0.5, 0.6) is 0 Å². The summed E-state index contributed by atoms with van der Waals surface area (Å²) in [5.41, 5.74) is 1.53. The van der Waals surface area contributed by atoms with Crippen LogP contribution in [0.2, 0.25) is 0 Å². The summed E-state index contributed by atoms with van der Waals surface area (Å²) in [6.07, 6.45) is 7.65. The number of ether oxygens (including phenoxy) is 2.